The van der Waals surface area contributed by atoms with E-state index in [0.717, 1.165) is 0 Å². The van der Waals surface area contributed by atoms with Gasteiger partial charge in [0, 0.05) is 6.20 Å². The third-order valence-corrected chi connectivity index (χ3v) is 2.06. The van der Waals surface area contributed by atoms with E-state index >= 15 is 0 Å². The average molecular weight is 258 g/mol. The van der Waals surface area contributed by atoms with Crippen molar-refractivity contribution in [2.45, 2.75) is 0 Å². The molecule has 0 aliphatic heterocycles. The maximum atomic E-state index is 12.0. The number of hydrogen-bond donors (Lipinski definition) is 2. The van der Waals surface area contributed by atoms with Crippen LogP contribution in [0.5, 0.6) is 0 Å². The highest BCUT2D eigenvalue weighted by Crippen LogP contribution is 2.06. The lowest BCUT2D eigenvalue weighted by molar-refractivity contribution is 0.102. The van der Waals surface area contributed by atoms with Gasteiger partial charge < -0.3 is 5.11 Å². The van der Waals surface area contributed by atoms with Gasteiger partial charge in [-0.25, -0.2) is 4.98 Å². The number of hydrogen-bond acceptors (Lipinski definition) is 6. The molecular weight excluding hydrogens is 248 g/mol. The zero-order valence-electron chi connectivity index (χ0n) is 10.0. The van der Waals surface area contributed by atoms with Crippen LogP contribution in [0.15, 0.2) is 18.3 Å². The van der Waals surface area contributed by atoms with Gasteiger partial charge in [-0.05, 0) is 17.3 Å². The van der Waals surface area contributed by atoms with Crippen LogP contribution in [0.4, 0.5) is 5.95 Å². The molecule has 19 heavy (non-hydrogen) atoms. The number of anilines is 1. The number of nitrogens with zero attached hydrogens (tertiary/aromatic N) is 5. The predicted molar refractivity (Wildman–Crippen MR) is 65.0 cm³/mol. The molecule has 0 saturated carbocycles. The second-order valence-corrected chi connectivity index (χ2v) is 3.42. The first kappa shape index (κ1) is 12.7. The second-order valence-electron chi connectivity index (χ2n) is 3.42. The van der Waals surface area contributed by atoms with Crippen LogP contribution < -0.4 is 5.32 Å². The molecule has 2 heterocycles. The van der Waals surface area contributed by atoms with Crippen molar-refractivity contribution in [1.82, 2.24) is 25.2 Å². The van der Waals surface area contributed by atoms with Crippen molar-refractivity contribution in [3.05, 3.63) is 29.6 Å². The molecule has 0 bridgehead atoms. The van der Waals surface area contributed by atoms with Gasteiger partial charge in [-0.3, -0.25) is 10.1 Å². The van der Waals surface area contributed by atoms with E-state index < -0.39 is 5.91 Å². The molecule has 0 radical (unpaired) electrons. The van der Waals surface area contributed by atoms with E-state index in [4.69, 9.17) is 5.11 Å². The molecule has 2 aromatic rings. The van der Waals surface area contributed by atoms with Gasteiger partial charge >= 0.3 is 0 Å². The Morgan fingerprint density at radius 3 is 3.11 bits per heavy atom. The first-order chi connectivity index (χ1) is 9.20. The van der Waals surface area contributed by atoms with Crippen LogP contribution in [0.3, 0.4) is 0 Å². The number of aromatic nitrogens is 5. The Hall–Kier alpha value is -2.79. The molecular formula is C11H10N6O2. The number of tetrazole rings is 1. The van der Waals surface area contributed by atoms with Crippen LogP contribution >= 0.6 is 0 Å². The summed E-state index contributed by atoms with van der Waals surface area (Å²) >= 11 is 0. The summed E-state index contributed by atoms with van der Waals surface area (Å²) in [6, 6.07) is 3.29. The van der Waals surface area contributed by atoms with Crippen LogP contribution in [0.1, 0.15) is 16.1 Å². The quantitative estimate of drug-likeness (QED) is 0.683. The van der Waals surface area contributed by atoms with E-state index in [1.165, 1.54) is 11.0 Å². The van der Waals surface area contributed by atoms with Crippen molar-refractivity contribution < 1.29 is 9.90 Å². The number of aliphatic hydroxyl groups is 1. The smallest absolute Gasteiger partial charge is 0.277 e. The van der Waals surface area contributed by atoms with Crippen molar-refractivity contribution >= 4 is 11.9 Å². The standard InChI is InChI=1S/C11H10N6O2/c1-17-15-11(14-16-17)13-10(19)9-8(5-3-7-18)4-2-6-12-9/h2,4,6,18H,7H2,1H3,(H,13,15,19). The van der Waals surface area contributed by atoms with Gasteiger partial charge in [0.25, 0.3) is 11.9 Å². The van der Waals surface area contributed by atoms with Crippen LogP contribution in [-0.4, -0.2) is 42.8 Å². The van der Waals surface area contributed by atoms with Crippen LogP contribution in [0.2, 0.25) is 0 Å². The maximum absolute atomic E-state index is 12.0. The molecule has 8 heteroatoms. The predicted octanol–water partition coefficient (Wildman–Crippen LogP) is -0.799. The number of carbonyl (C=O) groups is 1. The molecule has 96 valence electrons. The van der Waals surface area contributed by atoms with Gasteiger partial charge in [0.05, 0.1) is 12.6 Å². The SMILES string of the molecule is Cn1nnc(NC(=O)c2ncccc2C#CCO)n1. The third-order valence-electron chi connectivity index (χ3n) is 2.06. The van der Waals surface area contributed by atoms with Gasteiger partial charge in [0.15, 0.2) is 0 Å². The fourth-order valence-electron chi connectivity index (χ4n) is 1.32. The lowest BCUT2D eigenvalue weighted by atomic mass is 10.2. The number of nitrogens with one attached hydrogen (secondary N) is 1. The van der Waals surface area contributed by atoms with E-state index in [1.54, 1.807) is 19.2 Å². The molecule has 0 aliphatic rings. The first-order valence-electron chi connectivity index (χ1n) is 5.31. The number of aryl methyl sites for hydroxylation is 1. The van der Waals surface area contributed by atoms with Gasteiger partial charge in [-0.2, -0.15) is 4.80 Å². The Morgan fingerprint density at radius 2 is 2.42 bits per heavy atom. The lowest BCUT2D eigenvalue weighted by Gasteiger charge is -2.01. The van der Waals surface area contributed by atoms with Crippen molar-refractivity contribution in [2.24, 2.45) is 7.05 Å². The molecule has 2 rings (SSSR count). The average Bonchev–Trinajstić information content (AvgIpc) is 2.82. The van der Waals surface area contributed by atoms with Crippen molar-refractivity contribution in [2.75, 3.05) is 11.9 Å². The zero-order valence-corrected chi connectivity index (χ0v) is 10.0. The summed E-state index contributed by atoms with van der Waals surface area (Å²) in [4.78, 5) is 17.2. The van der Waals surface area contributed by atoms with E-state index in [9.17, 15) is 4.79 Å². The first-order valence-corrected chi connectivity index (χ1v) is 5.31. The monoisotopic (exact) mass is 258 g/mol. The summed E-state index contributed by atoms with van der Waals surface area (Å²) < 4.78 is 0. The van der Waals surface area contributed by atoms with Crippen molar-refractivity contribution in [1.29, 1.82) is 0 Å². The highest BCUT2D eigenvalue weighted by molar-refractivity contribution is 6.03. The van der Waals surface area contributed by atoms with E-state index in [0.29, 0.717) is 5.56 Å². The topological polar surface area (TPSA) is 106 Å². The third kappa shape index (κ3) is 3.11. The van der Waals surface area contributed by atoms with Gasteiger partial charge in [0.2, 0.25) is 0 Å². The Balaban J connectivity index is 2.23. The Kier molecular flexibility index (Phi) is 3.80. The van der Waals surface area contributed by atoms with E-state index in [1.807, 2.05) is 0 Å². The fourth-order valence-corrected chi connectivity index (χ4v) is 1.32. The largest absolute Gasteiger partial charge is 0.384 e. The molecule has 2 N–H and O–H groups in total. The van der Waals surface area contributed by atoms with Crippen LogP contribution in [0, 0.1) is 11.8 Å². The van der Waals surface area contributed by atoms with Gasteiger partial charge in [-0.1, -0.05) is 16.9 Å². The summed E-state index contributed by atoms with van der Waals surface area (Å²) in [5.41, 5.74) is 0.550. The van der Waals surface area contributed by atoms with Gasteiger partial charge in [-0.15, -0.1) is 5.10 Å². The number of amides is 1. The van der Waals surface area contributed by atoms with E-state index in [-0.39, 0.29) is 18.2 Å². The Labute approximate surface area is 108 Å². The van der Waals surface area contributed by atoms with Crippen molar-refractivity contribution in [3.63, 3.8) is 0 Å². The summed E-state index contributed by atoms with van der Waals surface area (Å²) in [6.07, 6.45) is 1.48. The molecule has 0 fully saturated rings. The zero-order chi connectivity index (χ0) is 13.7. The Morgan fingerprint density at radius 1 is 1.58 bits per heavy atom. The molecule has 0 aromatic carbocycles. The summed E-state index contributed by atoms with van der Waals surface area (Å²) in [5, 5.41) is 22.2. The molecule has 1 amide bonds. The molecule has 0 spiro atoms. The van der Waals surface area contributed by atoms with E-state index in [2.05, 4.69) is 37.6 Å². The molecule has 0 atom stereocenters. The Bertz CT molecular complexity index is 654. The number of aliphatic hydroxyl groups excluding tert-OH is 1. The number of rotatable bonds is 2. The molecule has 8 nitrogen and oxygen atoms in total. The molecule has 0 unspecified atom stereocenters. The van der Waals surface area contributed by atoms with Gasteiger partial charge in [0.1, 0.15) is 12.3 Å². The minimum Gasteiger partial charge on any atom is -0.384 e. The summed E-state index contributed by atoms with van der Waals surface area (Å²) in [7, 11) is 1.58. The van der Waals surface area contributed by atoms with Crippen molar-refractivity contribution in [3.8, 4) is 11.8 Å². The molecule has 0 saturated heterocycles. The highest BCUT2D eigenvalue weighted by atomic mass is 16.2. The molecule has 0 aliphatic carbocycles. The van der Waals surface area contributed by atoms with Crippen LogP contribution in [0.25, 0.3) is 0 Å². The fraction of sp³-hybridized carbons (Fsp3) is 0.182. The number of carbonyl (C=O) groups excluding carboxylic acids is 1. The molecule has 2 aromatic heterocycles. The minimum absolute atomic E-state index is 0.0826. The van der Waals surface area contributed by atoms with Crippen LogP contribution in [-0.2, 0) is 7.05 Å². The normalized spacial score (nSPS) is 9.58. The second kappa shape index (κ2) is 5.70. The highest BCUT2D eigenvalue weighted by Gasteiger charge is 2.13. The minimum atomic E-state index is -0.490. The number of pyridine rings is 1. The maximum Gasteiger partial charge on any atom is 0.277 e. The summed E-state index contributed by atoms with van der Waals surface area (Å²) in [6.45, 7) is -0.290. The summed E-state index contributed by atoms with van der Waals surface area (Å²) in [5.74, 6) is 4.71. The lowest BCUT2D eigenvalue weighted by Crippen LogP contribution is -2.16.